The van der Waals surface area contributed by atoms with Crippen molar-refractivity contribution in [2.24, 2.45) is 0 Å². The minimum atomic E-state index is 0.639. The number of hydrogen-bond acceptors (Lipinski definition) is 5. The highest BCUT2D eigenvalue weighted by Gasteiger charge is 2.11. The summed E-state index contributed by atoms with van der Waals surface area (Å²) in [5.41, 5.74) is 4.42. The summed E-state index contributed by atoms with van der Waals surface area (Å²) in [5, 5.41) is 2.15. The molecule has 0 aliphatic rings. The first-order valence-corrected chi connectivity index (χ1v) is 9.16. The van der Waals surface area contributed by atoms with E-state index in [9.17, 15) is 0 Å². The Morgan fingerprint density at radius 2 is 1.77 bits per heavy atom. The summed E-state index contributed by atoms with van der Waals surface area (Å²) < 4.78 is 11.8. The van der Waals surface area contributed by atoms with E-state index in [0.29, 0.717) is 12.2 Å². The molecule has 0 N–H and O–H groups in total. The van der Waals surface area contributed by atoms with Gasteiger partial charge in [0, 0.05) is 23.6 Å². The van der Waals surface area contributed by atoms with Gasteiger partial charge in [-0.15, -0.1) is 11.3 Å². The fraction of sp³-hybridized carbons (Fsp3) is 0.143. The number of aromatic nitrogens is 2. The number of fused-ring (bicyclic) bond motifs is 1. The van der Waals surface area contributed by atoms with E-state index in [2.05, 4.69) is 22.5 Å². The molecule has 0 amide bonds. The van der Waals surface area contributed by atoms with Gasteiger partial charge in [0.05, 0.1) is 24.4 Å². The number of rotatable bonds is 5. The first-order chi connectivity index (χ1) is 12.8. The molecule has 0 saturated heterocycles. The Morgan fingerprint density at radius 1 is 0.962 bits per heavy atom. The highest BCUT2D eigenvalue weighted by Crippen LogP contribution is 2.33. The van der Waals surface area contributed by atoms with Crippen LogP contribution in [0.1, 0.15) is 11.4 Å². The third kappa shape index (κ3) is 3.13. The molecule has 0 fully saturated rings. The van der Waals surface area contributed by atoms with Crippen LogP contribution in [0.25, 0.3) is 21.3 Å². The van der Waals surface area contributed by atoms with Crippen molar-refractivity contribution in [3.8, 4) is 22.6 Å². The second-order valence-corrected chi connectivity index (χ2v) is 6.79. The maximum absolute atomic E-state index is 5.39. The molecule has 0 aliphatic carbocycles. The van der Waals surface area contributed by atoms with E-state index in [-0.39, 0.29) is 0 Å². The van der Waals surface area contributed by atoms with E-state index >= 15 is 0 Å². The van der Waals surface area contributed by atoms with Crippen LogP contribution in [0, 0.1) is 0 Å². The van der Waals surface area contributed by atoms with E-state index < -0.39 is 0 Å². The van der Waals surface area contributed by atoms with Crippen LogP contribution < -0.4 is 9.47 Å². The van der Waals surface area contributed by atoms with Crippen molar-refractivity contribution >= 4 is 21.6 Å². The van der Waals surface area contributed by atoms with Crippen molar-refractivity contribution in [2.75, 3.05) is 14.2 Å². The monoisotopic (exact) mass is 362 g/mol. The zero-order chi connectivity index (χ0) is 17.9. The molecular weight excluding hydrogens is 344 g/mol. The van der Waals surface area contributed by atoms with E-state index in [0.717, 1.165) is 32.9 Å². The zero-order valence-corrected chi connectivity index (χ0v) is 15.4. The molecule has 0 atom stereocenters. The number of hydrogen-bond donors (Lipinski definition) is 0. The Balaban J connectivity index is 1.70. The summed E-state index contributed by atoms with van der Waals surface area (Å²) in [7, 11) is 3.28. The molecule has 0 unspecified atom stereocenters. The maximum Gasteiger partial charge on any atom is 0.161 e. The number of benzene rings is 2. The van der Waals surface area contributed by atoms with Gasteiger partial charge in [-0.2, -0.15) is 0 Å². The Morgan fingerprint density at radius 3 is 2.54 bits per heavy atom. The van der Waals surface area contributed by atoms with Gasteiger partial charge in [-0.25, -0.2) is 9.97 Å². The summed E-state index contributed by atoms with van der Waals surface area (Å²) in [6.45, 7) is 0. The topological polar surface area (TPSA) is 44.2 Å². The number of thiophene rings is 1. The minimum Gasteiger partial charge on any atom is -0.493 e. The van der Waals surface area contributed by atoms with Gasteiger partial charge >= 0.3 is 0 Å². The highest BCUT2D eigenvalue weighted by molar-refractivity contribution is 7.17. The van der Waals surface area contributed by atoms with E-state index in [1.54, 1.807) is 25.6 Å². The molecule has 26 heavy (non-hydrogen) atoms. The van der Waals surface area contributed by atoms with Gasteiger partial charge in [0.15, 0.2) is 11.5 Å². The van der Waals surface area contributed by atoms with E-state index in [4.69, 9.17) is 14.5 Å². The quantitative estimate of drug-likeness (QED) is 0.503. The molecule has 4 aromatic rings. The first kappa shape index (κ1) is 16.5. The standard InChI is InChI=1S/C21H18N2O2S/c1-24-17-9-8-14(10-18(17)25-2)11-20-22-12-19-21(23-20)16(13-26-19)15-6-4-3-5-7-15/h3-10,12-13H,11H2,1-2H3. The second-order valence-electron chi connectivity index (χ2n) is 5.88. The van der Waals surface area contributed by atoms with Crippen LogP contribution in [0.4, 0.5) is 0 Å². The lowest BCUT2D eigenvalue weighted by Gasteiger charge is -2.09. The van der Waals surface area contributed by atoms with Crippen molar-refractivity contribution in [3.63, 3.8) is 0 Å². The molecular formula is C21H18N2O2S. The number of ether oxygens (including phenoxy) is 2. The summed E-state index contributed by atoms with van der Waals surface area (Å²) in [6.07, 6.45) is 2.55. The molecule has 4 nitrogen and oxygen atoms in total. The van der Waals surface area contributed by atoms with Crippen molar-refractivity contribution in [1.82, 2.24) is 9.97 Å². The molecule has 0 bridgehead atoms. The molecule has 4 rings (SSSR count). The van der Waals surface area contributed by atoms with Gasteiger partial charge in [-0.3, -0.25) is 0 Å². The van der Waals surface area contributed by atoms with Gasteiger partial charge in [0.1, 0.15) is 5.82 Å². The van der Waals surface area contributed by atoms with Crippen LogP contribution in [0.3, 0.4) is 0 Å². The van der Waals surface area contributed by atoms with Crippen molar-refractivity contribution in [1.29, 1.82) is 0 Å². The van der Waals surface area contributed by atoms with Crippen molar-refractivity contribution in [2.45, 2.75) is 6.42 Å². The van der Waals surface area contributed by atoms with Crippen LogP contribution in [0.15, 0.2) is 60.1 Å². The average molecular weight is 362 g/mol. The Hall–Kier alpha value is -2.92. The lowest BCUT2D eigenvalue weighted by atomic mass is 10.1. The lowest BCUT2D eigenvalue weighted by molar-refractivity contribution is 0.354. The van der Waals surface area contributed by atoms with Crippen LogP contribution in [0.2, 0.25) is 0 Å². The molecule has 5 heteroatoms. The summed E-state index contributed by atoms with van der Waals surface area (Å²) in [6, 6.07) is 16.2. The third-order valence-corrected chi connectivity index (χ3v) is 5.17. The fourth-order valence-electron chi connectivity index (χ4n) is 2.95. The Bertz CT molecular complexity index is 1040. The number of nitrogens with zero attached hydrogens (tertiary/aromatic N) is 2. The third-order valence-electron chi connectivity index (χ3n) is 4.26. The molecule has 2 aromatic heterocycles. The van der Waals surface area contributed by atoms with Gasteiger partial charge in [-0.1, -0.05) is 36.4 Å². The summed E-state index contributed by atoms with van der Waals surface area (Å²) in [4.78, 5) is 9.37. The highest BCUT2D eigenvalue weighted by atomic mass is 32.1. The SMILES string of the molecule is COc1ccc(Cc2ncc3scc(-c4ccccc4)c3n2)cc1OC. The molecule has 2 heterocycles. The van der Waals surface area contributed by atoms with Crippen molar-refractivity contribution < 1.29 is 9.47 Å². The Kier molecular flexibility index (Phi) is 4.54. The van der Waals surface area contributed by atoms with Gasteiger partial charge < -0.3 is 9.47 Å². The molecule has 0 radical (unpaired) electrons. The molecule has 2 aromatic carbocycles. The predicted octanol–water partition coefficient (Wildman–Crippen LogP) is 4.97. The van der Waals surface area contributed by atoms with Crippen LogP contribution in [-0.2, 0) is 6.42 Å². The molecule has 130 valence electrons. The van der Waals surface area contributed by atoms with Crippen LogP contribution >= 0.6 is 11.3 Å². The fourth-order valence-corrected chi connectivity index (χ4v) is 3.82. The Labute approximate surface area is 156 Å². The van der Waals surface area contributed by atoms with E-state index in [1.165, 1.54) is 5.56 Å². The van der Waals surface area contributed by atoms with Gasteiger partial charge in [0.2, 0.25) is 0 Å². The molecule has 0 saturated carbocycles. The minimum absolute atomic E-state index is 0.639. The van der Waals surface area contributed by atoms with Gasteiger partial charge in [-0.05, 0) is 23.3 Å². The second kappa shape index (κ2) is 7.14. The summed E-state index contributed by atoms with van der Waals surface area (Å²) in [5.74, 6) is 2.23. The molecule has 0 aliphatic heterocycles. The largest absolute Gasteiger partial charge is 0.493 e. The predicted molar refractivity (Wildman–Crippen MR) is 105 cm³/mol. The van der Waals surface area contributed by atoms with Gasteiger partial charge in [0.25, 0.3) is 0 Å². The first-order valence-electron chi connectivity index (χ1n) is 8.28. The maximum atomic E-state index is 5.39. The average Bonchev–Trinajstić information content (AvgIpc) is 3.12. The number of methoxy groups -OCH3 is 2. The van der Waals surface area contributed by atoms with Crippen LogP contribution in [-0.4, -0.2) is 24.2 Å². The van der Waals surface area contributed by atoms with Crippen LogP contribution in [0.5, 0.6) is 11.5 Å². The normalized spacial score (nSPS) is 10.8. The molecule has 0 spiro atoms. The lowest BCUT2D eigenvalue weighted by Crippen LogP contribution is -1.98. The smallest absolute Gasteiger partial charge is 0.161 e. The van der Waals surface area contributed by atoms with E-state index in [1.807, 2.05) is 42.6 Å². The van der Waals surface area contributed by atoms with Crippen molar-refractivity contribution in [3.05, 3.63) is 71.5 Å². The zero-order valence-electron chi connectivity index (χ0n) is 14.6. The summed E-state index contributed by atoms with van der Waals surface area (Å²) >= 11 is 1.67.